The van der Waals surface area contributed by atoms with E-state index in [-0.39, 0.29) is 5.91 Å². The van der Waals surface area contributed by atoms with Gasteiger partial charge in [0, 0.05) is 31.9 Å². The SMILES string of the molecule is COc1ccc(NC(=O)c2ccc(C=NN(C)C)cc2)c(N(C=O)c2ccc(Cl)cn2)c1. The van der Waals surface area contributed by atoms with E-state index < -0.39 is 0 Å². The van der Waals surface area contributed by atoms with E-state index in [1.165, 1.54) is 18.2 Å². The molecule has 0 aliphatic rings. The molecule has 0 saturated heterocycles. The Morgan fingerprint density at radius 1 is 1.12 bits per heavy atom. The zero-order valence-electron chi connectivity index (χ0n) is 17.8. The number of methoxy groups -OCH3 is 1. The molecule has 1 N–H and O–H groups in total. The monoisotopic (exact) mass is 451 g/mol. The molecule has 2 aromatic carbocycles. The summed E-state index contributed by atoms with van der Waals surface area (Å²) in [6.07, 6.45) is 3.75. The van der Waals surface area contributed by atoms with Gasteiger partial charge >= 0.3 is 0 Å². The van der Waals surface area contributed by atoms with E-state index in [2.05, 4.69) is 15.4 Å². The molecule has 1 aromatic heterocycles. The van der Waals surface area contributed by atoms with Crippen molar-refractivity contribution in [3.05, 3.63) is 76.9 Å². The standard InChI is InChI=1S/C23H22ClN5O3/c1-28(2)26-13-16-4-6-17(7-5-16)23(31)27-20-10-9-19(32-3)12-21(20)29(15-30)22-11-8-18(24)14-25-22/h4-15H,1-3H3,(H,27,31). The summed E-state index contributed by atoms with van der Waals surface area (Å²) < 4.78 is 5.29. The van der Waals surface area contributed by atoms with Gasteiger partial charge in [-0.2, -0.15) is 5.10 Å². The van der Waals surface area contributed by atoms with Crippen molar-refractivity contribution in [1.82, 2.24) is 9.99 Å². The fourth-order valence-electron chi connectivity index (χ4n) is 2.79. The molecule has 3 aromatic rings. The van der Waals surface area contributed by atoms with Crippen molar-refractivity contribution >= 4 is 47.3 Å². The van der Waals surface area contributed by atoms with E-state index in [9.17, 15) is 9.59 Å². The topological polar surface area (TPSA) is 87.1 Å². The van der Waals surface area contributed by atoms with Crippen LogP contribution in [0.15, 0.2) is 65.9 Å². The second-order valence-corrected chi connectivity index (χ2v) is 7.30. The zero-order valence-corrected chi connectivity index (χ0v) is 18.6. The minimum Gasteiger partial charge on any atom is -0.497 e. The minimum atomic E-state index is -0.331. The van der Waals surface area contributed by atoms with Gasteiger partial charge in [0.1, 0.15) is 11.6 Å². The van der Waals surface area contributed by atoms with Crippen molar-refractivity contribution < 1.29 is 14.3 Å². The van der Waals surface area contributed by atoms with Gasteiger partial charge in [-0.05, 0) is 42.0 Å². The predicted molar refractivity (Wildman–Crippen MR) is 126 cm³/mol. The Balaban J connectivity index is 1.90. The van der Waals surface area contributed by atoms with E-state index in [4.69, 9.17) is 16.3 Å². The van der Waals surface area contributed by atoms with Crippen LogP contribution in [0.5, 0.6) is 5.75 Å². The average Bonchev–Trinajstić information content (AvgIpc) is 2.80. The van der Waals surface area contributed by atoms with Gasteiger partial charge in [0.25, 0.3) is 5.91 Å². The van der Waals surface area contributed by atoms with E-state index in [1.54, 1.807) is 65.8 Å². The van der Waals surface area contributed by atoms with Crippen LogP contribution >= 0.6 is 11.6 Å². The summed E-state index contributed by atoms with van der Waals surface area (Å²) >= 11 is 5.91. The Kier molecular flexibility index (Phi) is 7.41. The molecule has 0 saturated carbocycles. The number of hydrazone groups is 1. The Labute approximate surface area is 191 Å². The highest BCUT2D eigenvalue weighted by atomic mass is 35.5. The summed E-state index contributed by atoms with van der Waals surface area (Å²) in [5.74, 6) is 0.531. The van der Waals surface area contributed by atoms with Gasteiger partial charge in [0.2, 0.25) is 6.41 Å². The largest absolute Gasteiger partial charge is 0.497 e. The third kappa shape index (κ3) is 5.61. The first kappa shape index (κ1) is 22.8. The molecule has 8 nitrogen and oxygen atoms in total. The number of pyridine rings is 1. The lowest BCUT2D eigenvalue weighted by Crippen LogP contribution is -2.19. The normalized spacial score (nSPS) is 10.6. The maximum Gasteiger partial charge on any atom is 0.255 e. The number of aromatic nitrogens is 1. The van der Waals surface area contributed by atoms with Crippen LogP contribution in [-0.2, 0) is 4.79 Å². The number of nitrogens with zero attached hydrogens (tertiary/aromatic N) is 4. The molecule has 9 heteroatoms. The average molecular weight is 452 g/mol. The fourth-order valence-corrected chi connectivity index (χ4v) is 2.90. The van der Waals surface area contributed by atoms with Crippen LogP contribution in [0.4, 0.5) is 17.2 Å². The second kappa shape index (κ2) is 10.4. The molecule has 2 amide bonds. The van der Waals surface area contributed by atoms with Crippen molar-refractivity contribution in [2.75, 3.05) is 31.4 Å². The van der Waals surface area contributed by atoms with Crippen LogP contribution < -0.4 is 15.0 Å². The number of carbonyl (C=O) groups is 2. The number of carbonyl (C=O) groups excluding carboxylic acids is 2. The van der Waals surface area contributed by atoms with Crippen molar-refractivity contribution in [2.45, 2.75) is 0 Å². The van der Waals surface area contributed by atoms with Crippen molar-refractivity contribution in [2.24, 2.45) is 5.10 Å². The molecule has 0 atom stereocenters. The first-order chi connectivity index (χ1) is 15.4. The number of halogens is 1. The predicted octanol–water partition coefficient (Wildman–Crippen LogP) is 4.19. The maximum absolute atomic E-state index is 12.9. The molecule has 0 spiro atoms. The Morgan fingerprint density at radius 3 is 2.47 bits per heavy atom. The van der Waals surface area contributed by atoms with Crippen LogP contribution in [0, 0.1) is 0 Å². The van der Waals surface area contributed by atoms with Gasteiger partial charge in [-0.3, -0.25) is 14.5 Å². The summed E-state index contributed by atoms with van der Waals surface area (Å²) in [7, 11) is 5.17. The van der Waals surface area contributed by atoms with Gasteiger partial charge in [0.05, 0.1) is 29.7 Å². The fraction of sp³-hybridized carbons (Fsp3) is 0.130. The quantitative estimate of drug-likeness (QED) is 0.315. The number of anilines is 3. The minimum absolute atomic E-state index is 0.331. The molecule has 0 unspecified atom stereocenters. The molecule has 32 heavy (non-hydrogen) atoms. The molecule has 0 aliphatic carbocycles. The summed E-state index contributed by atoms with van der Waals surface area (Å²) in [6.45, 7) is 0. The van der Waals surface area contributed by atoms with Gasteiger partial charge < -0.3 is 15.1 Å². The number of hydrogen-bond acceptors (Lipinski definition) is 6. The van der Waals surface area contributed by atoms with Crippen LogP contribution in [0.25, 0.3) is 0 Å². The Bertz CT molecular complexity index is 1120. The van der Waals surface area contributed by atoms with Gasteiger partial charge in [-0.15, -0.1) is 0 Å². The lowest BCUT2D eigenvalue weighted by atomic mass is 10.1. The first-order valence-electron chi connectivity index (χ1n) is 9.58. The van der Waals surface area contributed by atoms with Crippen LogP contribution in [0.2, 0.25) is 5.02 Å². The molecule has 0 bridgehead atoms. The highest BCUT2D eigenvalue weighted by molar-refractivity contribution is 6.30. The third-order valence-electron chi connectivity index (χ3n) is 4.39. The zero-order chi connectivity index (χ0) is 23.1. The lowest BCUT2D eigenvalue weighted by molar-refractivity contribution is -0.106. The van der Waals surface area contributed by atoms with Crippen LogP contribution in [-0.4, -0.2) is 49.7 Å². The summed E-state index contributed by atoms with van der Waals surface area (Å²) in [5, 5.41) is 9.15. The number of ether oxygens (including phenoxy) is 1. The van der Waals surface area contributed by atoms with Gasteiger partial charge in [-0.25, -0.2) is 4.98 Å². The maximum atomic E-state index is 12.9. The molecule has 164 valence electrons. The molecule has 3 rings (SSSR count). The van der Waals surface area contributed by atoms with E-state index in [1.807, 2.05) is 14.1 Å². The number of amides is 2. The number of hydrogen-bond donors (Lipinski definition) is 1. The molecular weight excluding hydrogens is 430 g/mol. The second-order valence-electron chi connectivity index (χ2n) is 6.86. The number of benzene rings is 2. The smallest absolute Gasteiger partial charge is 0.255 e. The molecule has 0 radical (unpaired) electrons. The van der Waals surface area contributed by atoms with E-state index in [0.29, 0.717) is 39.9 Å². The number of rotatable bonds is 8. The molecular formula is C23H22ClN5O3. The molecule has 1 heterocycles. The van der Waals surface area contributed by atoms with Crippen molar-refractivity contribution in [3.63, 3.8) is 0 Å². The van der Waals surface area contributed by atoms with Crippen molar-refractivity contribution in [3.8, 4) is 5.75 Å². The van der Waals surface area contributed by atoms with E-state index >= 15 is 0 Å². The molecule has 0 aliphatic heterocycles. The highest BCUT2D eigenvalue weighted by Crippen LogP contribution is 2.34. The van der Waals surface area contributed by atoms with Crippen molar-refractivity contribution in [1.29, 1.82) is 0 Å². The number of nitrogens with one attached hydrogen (secondary N) is 1. The van der Waals surface area contributed by atoms with Crippen LogP contribution in [0.1, 0.15) is 15.9 Å². The highest BCUT2D eigenvalue weighted by Gasteiger charge is 2.18. The molecule has 0 fully saturated rings. The first-order valence-corrected chi connectivity index (χ1v) is 9.96. The van der Waals surface area contributed by atoms with Gasteiger partial charge in [-0.1, -0.05) is 23.7 Å². The summed E-state index contributed by atoms with van der Waals surface area (Å²) in [5.41, 5.74) is 2.13. The lowest BCUT2D eigenvalue weighted by Gasteiger charge is -2.21. The van der Waals surface area contributed by atoms with E-state index in [0.717, 1.165) is 5.56 Å². The van der Waals surface area contributed by atoms with Gasteiger partial charge in [0.15, 0.2) is 0 Å². The summed E-state index contributed by atoms with van der Waals surface area (Å²) in [4.78, 5) is 30.3. The Morgan fingerprint density at radius 2 is 1.88 bits per heavy atom. The third-order valence-corrected chi connectivity index (χ3v) is 4.61. The van der Waals surface area contributed by atoms with Crippen LogP contribution in [0.3, 0.4) is 0 Å². The Hall–Kier alpha value is -3.91. The summed E-state index contributed by atoms with van der Waals surface area (Å²) in [6, 6.07) is 15.2.